The average molecular weight is 354 g/mol. The van der Waals surface area contributed by atoms with Crippen molar-refractivity contribution in [3.63, 3.8) is 0 Å². The standard InChI is InChI=1S/C16H16F2N2O3S/c17-16(18)23-13-4-2-1-3-11(13)9-20-14(21)5-7-19-15(22)12-6-8-24-10-12/h1-4,6,8,10,16H,5,7,9H2,(H,19,22)(H,20,21). The van der Waals surface area contributed by atoms with Crippen LogP contribution in [-0.4, -0.2) is 25.0 Å². The molecule has 0 bridgehead atoms. The molecule has 0 aliphatic carbocycles. The second-order valence-corrected chi connectivity index (χ2v) is 5.56. The first-order valence-electron chi connectivity index (χ1n) is 7.16. The van der Waals surface area contributed by atoms with E-state index in [1.54, 1.807) is 35.0 Å². The third kappa shape index (κ3) is 5.62. The molecule has 0 aliphatic heterocycles. The Labute approximate surface area is 141 Å². The molecule has 1 aromatic carbocycles. The Balaban J connectivity index is 1.74. The van der Waals surface area contributed by atoms with Crippen molar-refractivity contribution in [2.45, 2.75) is 19.6 Å². The molecule has 2 N–H and O–H groups in total. The molecular formula is C16H16F2N2O3S. The van der Waals surface area contributed by atoms with Crippen molar-refractivity contribution >= 4 is 23.2 Å². The second-order valence-electron chi connectivity index (χ2n) is 4.78. The van der Waals surface area contributed by atoms with Crippen LogP contribution in [0.2, 0.25) is 0 Å². The van der Waals surface area contributed by atoms with E-state index in [0.717, 1.165) is 0 Å². The van der Waals surface area contributed by atoms with Gasteiger partial charge in [-0.1, -0.05) is 18.2 Å². The Bertz CT molecular complexity index is 678. The van der Waals surface area contributed by atoms with Gasteiger partial charge in [0, 0.05) is 36.0 Å². The summed E-state index contributed by atoms with van der Waals surface area (Å²) in [7, 11) is 0. The lowest BCUT2D eigenvalue weighted by Crippen LogP contribution is -2.30. The summed E-state index contributed by atoms with van der Waals surface area (Å²) in [5.41, 5.74) is 1.01. The van der Waals surface area contributed by atoms with Crippen molar-refractivity contribution in [1.29, 1.82) is 0 Å². The molecule has 2 rings (SSSR count). The Morgan fingerprint density at radius 2 is 1.96 bits per heavy atom. The summed E-state index contributed by atoms with van der Waals surface area (Å²) in [4.78, 5) is 23.5. The molecule has 1 aromatic heterocycles. The predicted molar refractivity (Wildman–Crippen MR) is 86.2 cm³/mol. The number of hydrogen-bond acceptors (Lipinski definition) is 4. The molecule has 128 valence electrons. The van der Waals surface area contributed by atoms with Gasteiger partial charge in [0.05, 0.1) is 0 Å². The third-order valence-corrected chi connectivity index (χ3v) is 3.77. The van der Waals surface area contributed by atoms with Gasteiger partial charge < -0.3 is 15.4 Å². The number of hydrogen-bond donors (Lipinski definition) is 2. The molecule has 1 heterocycles. The number of para-hydroxylation sites is 1. The number of alkyl halides is 2. The lowest BCUT2D eigenvalue weighted by molar-refractivity contribution is -0.121. The summed E-state index contributed by atoms with van der Waals surface area (Å²) >= 11 is 1.41. The summed E-state index contributed by atoms with van der Waals surface area (Å²) in [5, 5.41) is 8.75. The van der Waals surface area contributed by atoms with Crippen molar-refractivity contribution in [2.24, 2.45) is 0 Å². The molecular weight excluding hydrogens is 338 g/mol. The quantitative estimate of drug-likeness (QED) is 0.766. The number of benzene rings is 1. The van der Waals surface area contributed by atoms with Gasteiger partial charge in [-0.3, -0.25) is 9.59 Å². The van der Waals surface area contributed by atoms with E-state index in [1.807, 2.05) is 0 Å². The van der Waals surface area contributed by atoms with E-state index in [4.69, 9.17) is 0 Å². The highest BCUT2D eigenvalue weighted by Gasteiger charge is 2.10. The molecule has 0 atom stereocenters. The highest BCUT2D eigenvalue weighted by Crippen LogP contribution is 2.19. The largest absolute Gasteiger partial charge is 0.434 e. The maximum atomic E-state index is 12.3. The normalized spacial score (nSPS) is 10.5. The van der Waals surface area contributed by atoms with Crippen molar-refractivity contribution in [3.8, 4) is 5.75 Å². The summed E-state index contributed by atoms with van der Waals surface area (Å²) in [6.45, 7) is -2.66. The van der Waals surface area contributed by atoms with Crippen molar-refractivity contribution in [2.75, 3.05) is 6.54 Å². The Morgan fingerprint density at radius 1 is 1.17 bits per heavy atom. The summed E-state index contributed by atoms with van der Waals surface area (Å²) in [6, 6.07) is 7.94. The van der Waals surface area contributed by atoms with E-state index in [9.17, 15) is 18.4 Å². The monoisotopic (exact) mass is 354 g/mol. The molecule has 0 radical (unpaired) electrons. The molecule has 0 unspecified atom stereocenters. The highest BCUT2D eigenvalue weighted by atomic mass is 32.1. The molecule has 0 saturated heterocycles. The lowest BCUT2D eigenvalue weighted by atomic mass is 10.2. The Hall–Kier alpha value is -2.48. The highest BCUT2D eigenvalue weighted by molar-refractivity contribution is 7.08. The molecule has 0 aliphatic rings. The number of amides is 2. The van der Waals surface area contributed by atoms with Gasteiger partial charge in [-0.15, -0.1) is 0 Å². The number of nitrogens with one attached hydrogen (secondary N) is 2. The van der Waals surface area contributed by atoms with Gasteiger partial charge >= 0.3 is 6.61 Å². The number of carbonyl (C=O) groups is 2. The molecule has 8 heteroatoms. The fourth-order valence-electron chi connectivity index (χ4n) is 1.93. The molecule has 0 spiro atoms. The van der Waals surface area contributed by atoms with E-state index in [2.05, 4.69) is 15.4 Å². The van der Waals surface area contributed by atoms with Crippen LogP contribution < -0.4 is 15.4 Å². The van der Waals surface area contributed by atoms with Gasteiger partial charge in [0.1, 0.15) is 5.75 Å². The fraction of sp³-hybridized carbons (Fsp3) is 0.250. The van der Waals surface area contributed by atoms with E-state index in [0.29, 0.717) is 11.1 Å². The van der Waals surface area contributed by atoms with E-state index < -0.39 is 6.61 Å². The zero-order valence-electron chi connectivity index (χ0n) is 12.6. The predicted octanol–water partition coefficient (Wildman–Crippen LogP) is 2.79. The minimum atomic E-state index is -2.92. The van der Waals surface area contributed by atoms with E-state index in [-0.39, 0.29) is 37.1 Å². The van der Waals surface area contributed by atoms with Gasteiger partial charge in [-0.25, -0.2) is 0 Å². The summed E-state index contributed by atoms with van der Waals surface area (Å²) in [5.74, 6) is -0.509. The molecule has 5 nitrogen and oxygen atoms in total. The SMILES string of the molecule is O=C(CCNC(=O)c1ccsc1)NCc1ccccc1OC(F)F. The first-order chi connectivity index (χ1) is 11.6. The number of thiophene rings is 1. The van der Waals surface area contributed by atoms with Crippen molar-refractivity contribution in [3.05, 3.63) is 52.2 Å². The number of carbonyl (C=O) groups excluding carboxylic acids is 2. The fourth-order valence-corrected chi connectivity index (χ4v) is 2.56. The molecule has 24 heavy (non-hydrogen) atoms. The van der Waals surface area contributed by atoms with Crippen molar-refractivity contribution in [1.82, 2.24) is 10.6 Å². The van der Waals surface area contributed by atoms with E-state index >= 15 is 0 Å². The van der Waals surface area contributed by atoms with Gasteiger partial charge in [0.15, 0.2) is 0 Å². The number of rotatable bonds is 8. The molecule has 0 fully saturated rings. The number of halogens is 2. The van der Waals surface area contributed by atoms with Crippen LogP contribution in [0.3, 0.4) is 0 Å². The maximum absolute atomic E-state index is 12.3. The average Bonchev–Trinajstić information content (AvgIpc) is 3.08. The smallest absolute Gasteiger partial charge is 0.387 e. The van der Waals surface area contributed by atoms with Gasteiger partial charge in [-0.05, 0) is 17.5 Å². The van der Waals surface area contributed by atoms with Gasteiger partial charge in [-0.2, -0.15) is 20.1 Å². The second kappa shape index (κ2) is 8.97. The van der Waals surface area contributed by atoms with Crippen LogP contribution in [0.15, 0.2) is 41.1 Å². The summed E-state index contributed by atoms with van der Waals surface area (Å²) < 4.78 is 29.0. The molecule has 2 amide bonds. The Morgan fingerprint density at radius 3 is 2.67 bits per heavy atom. The minimum Gasteiger partial charge on any atom is -0.434 e. The van der Waals surface area contributed by atoms with Crippen LogP contribution in [-0.2, 0) is 11.3 Å². The van der Waals surface area contributed by atoms with Gasteiger partial charge in [0.2, 0.25) is 5.91 Å². The van der Waals surface area contributed by atoms with Crippen LogP contribution in [0.5, 0.6) is 5.75 Å². The van der Waals surface area contributed by atoms with Crippen LogP contribution >= 0.6 is 11.3 Å². The zero-order valence-corrected chi connectivity index (χ0v) is 13.4. The zero-order chi connectivity index (χ0) is 17.4. The maximum Gasteiger partial charge on any atom is 0.387 e. The van der Waals surface area contributed by atoms with E-state index in [1.165, 1.54) is 17.4 Å². The third-order valence-electron chi connectivity index (χ3n) is 3.09. The first kappa shape index (κ1) is 17.9. The van der Waals surface area contributed by atoms with Gasteiger partial charge in [0.25, 0.3) is 5.91 Å². The van der Waals surface area contributed by atoms with Crippen molar-refractivity contribution < 1.29 is 23.1 Å². The van der Waals surface area contributed by atoms with Crippen LogP contribution in [0, 0.1) is 0 Å². The Kier molecular flexibility index (Phi) is 6.68. The molecule has 0 saturated carbocycles. The molecule has 2 aromatic rings. The minimum absolute atomic E-state index is 0.0264. The topological polar surface area (TPSA) is 67.4 Å². The van der Waals surface area contributed by atoms with Crippen LogP contribution in [0.1, 0.15) is 22.3 Å². The first-order valence-corrected chi connectivity index (χ1v) is 8.10. The lowest BCUT2D eigenvalue weighted by Gasteiger charge is -2.11. The number of ether oxygens (including phenoxy) is 1. The van der Waals surface area contributed by atoms with Crippen LogP contribution in [0.4, 0.5) is 8.78 Å². The van der Waals surface area contributed by atoms with Crippen LogP contribution in [0.25, 0.3) is 0 Å². The summed E-state index contributed by atoms with van der Waals surface area (Å²) in [6.07, 6.45) is 0.0910.